The standard InChI is InChI=1S/C33H42N2O4/c1-32(2)18-19-33(3,4)29-22-27(16-17-28(29)32)35(20-8-9-21-39-23-24-10-6-5-7-11-24)31(38)34-26-14-12-25(13-15-26)30(36)37/h5-7,10,12-17,22,24H,8-9,11,18-21,23H2,1-4H3,(H,34,38)(H,36,37). The molecule has 0 radical (unpaired) electrons. The number of unbranched alkanes of at least 4 members (excludes halogenated alkanes) is 1. The van der Waals surface area contributed by atoms with Gasteiger partial charge >= 0.3 is 12.0 Å². The second kappa shape index (κ2) is 12.2. The van der Waals surface area contributed by atoms with Crippen LogP contribution in [0.25, 0.3) is 0 Å². The number of nitrogens with one attached hydrogen (secondary N) is 1. The van der Waals surface area contributed by atoms with Crippen LogP contribution >= 0.6 is 0 Å². The van der Waals surface area contributed by atoms with E-state index in [1.807, 2.05) is 0 Å². The van der Waals surface area contributed by atoms with Gasteiger partial charge in [-0.25, -0.2) is 9.59 Å². The molecule has 0 heterocycles. The molecule has 0 aromatic heterocycles. The fraction of sp³-hybridized carbons (Fsp3) is 0.455. The molecule has 4 rings (SSSR count). The monoisotopic (exact) mass is 530 g/mol. The molecule has 0 saturated heterocycles. The van der Waals surface area contributed by atoms with Gasteiger partial charge in [0, 0.05) is 30.4 Å². The molecule has 2 amide bonds. The van der Waals surface area contributed by atoms with E-state index in [2.05, 4.69) is 75.5 Å². The molecule has 0 aliphatic heterocycles. The number of hydrogen-bond donors (Lipinski definition) is 2. The first-order chi connectivity index (χ1) is 18.6. The molecule has 0 spiro atoms. The number of ether oxygens (including phenoxy) is 1. The lowest BCUT2D eigenvalue weighted by Gasteiger charge is -2.42. The third-order valence-corrected chi connectivity index (χ3v) is 8.10. The molecule has 1 atom stereocenters. The first kappa shape index (κ1) is 28.6. The van der Waals surface area contributed by atoms with Crippen molar-refractivity contribution < 1.29 is 19.4 Å². The van der Waals surface area contributed by atoms with Gasteiger partial charge in [-0.15, -0.1) is 0 Å². The Kier molecular flexibility index (Phi) is 8.96. The molecule has 1 unspecified atom stereocenters. The number of aromatic carboxylic acids is 1. The van der Waals surface area contributed by atoms with Crippen molar-refractivity contribution in [2.24, 2.45) is 5.92 Å². The van der Waals surface area contributed by atoms with Crippen molar-refractivity contribution in [1.82, 2.24) is 0 Å². The fourth-order valence-electron chi connectivity index (χ4n) is 5.44. The Morgan fingerprint density at radius 1 is 0.974 bits per heavy atom. The predicted molar refractivity (Wildman–Crippen MR) is 158 cm³/mol. The number of rotatable bonds is 10. The normalized spacial score (nSPS) is 18.8. The van der Waals surface area contributed by atoms with Crippen molar-refractivity contribution in [2.75, 3.05) is 30.0 Å². The van der Waals surface area contributed by atoms with E-state index < -0.39 is 5.97 Å². The minimum absolute atomic E-state index is 0.0340. The molecule has 2 aliphatic rings. The first-order valence-electron chi connectivity index (χ1n) is 14.0. The molecule has 2 aromatic carbocycles. The van der Waals surface area contributed by atoms with Crippen LogP contribution in [-0.4, -0.2) is 36.9 Å². The van der Waals surface area contributed by atoms with Gasteiger partial charge in [0.2, 0.25) is 0 Å². The summed E-state index contributed by atoms with van der Waals surface area (Å²) in [6.07, 6.45) is 13.4. The molecule has 0 saturated carbocycles. The zero-order chi connectivity index (χ0) is 28.0. The third kappa shape index (κ3) is 7.18. The second-order valence-electron chi connectivity index (χ2n) is 12.1. The van der Waals surface area contributed by atoms with Crippen molar-refractivity contribution >= 4 is 23.4 Å². The molecule has 6 nitrogen and oxygen atoms in total. The summed E-state index contributed by atoms with van der Waals surface area (Å²) >= 11 is 0. The van der Waals surface area contributed by atoms with Gasteiger partial charge in [0.25, 0.3) is 0 Å². The summed E-state index contributed by atoms with van der Waals surface area (Å²) in [5.74, 6) is -0.555. The zero-order valence-electron chi connectivity index (χ0n) is 23.7. The summed E-state index contributed by atoms with van der Waals surface area (Å²) in [5, 5.41) is 12.2. The number of amides is 2. The van der Waals surface area contributed by atoms with E-state index in [0.717, 1.165) is 37.8 Å². The Hall–Kier alpha value is -3.38. The predicted octanol–water partition coefficient (Wildman–Crippen LogP) is 7.70. The van der Waals surface area contributed by atoms with Crippen molar-refractivity contribution in [3.8, 4) is 0 Å². The smallest absolute Gasteiger partial charge is 0.335 e. The highest BCUT2D eigenvalue weighted by Gasteiger charge is 2.37. The number of carbonyl (C=O) groups excluding carboxylic acids is 1. The molecule has 39 heavy (non-hydrogen) atoms. The van der Waals surface area contributed by atoms with Gasteiger partial charge in [0.1, 0.15) is 0 Å². The molecule has 2 aromatic rings. The summed E-state index contributed by atoms with van der Waals surface area (Å²) < 4.78 is 5.92. The van der Waals surface area contributed by atoms with Crippen LogP contribution in [0.5, 0.6) is 0 Å². The lowest BCUT2D eigenvalue weighted by Crippen LogP contribution is -2.37. The minimum Gasteiger partial charge on any atom is -0.478 e. The van der Waals surface area contributed by atoms with Crippen LogP contribution in [-0.2, 0) is 15.6 Å². The average molecular weight is 531 g/mol. The number of carboxylic acids is 1. The van der Waals surface area contributed by atoms with E-state index in [0.29, 0.717) is 31.4 Å². The highest BCUT2D eigenvalue weighted by Crippen LogP contribution is 2.46. The van der Waals surface area contributed by atoms with Crippen molar-refractivity contribution in [1.29, 1.82) is 0 Å². The van der Waals surface area contributed by atoms with E-state index in [4.69, 9.17) is 4.74 Å². The maximum atomic E-state index is 13.6. The largest absolute Gasteiger partial charge is 0.478 e. The number of fused-ring (bicyclic) bond motifs is 1. The maximum absolute atomic E-state index is 13.6. The molecule has 2 N–H and O–H groups in total. The van der Waals surface area contributed by atoms with Crippen LogP contribution in [0.4, 0.5) is 16.2 Å². The number of benzene rings is 2. The Labute approximate surface area is 232 Å². The summed E-state index contributed by atoms with van der Waals surface area (Å²) in [7, 11) is 0. The summed E-state index contributed by atoms with van der Waals surface area (Å²) in [6.45, 7) is 11.1. The minimum atomic E-state index is -0.993. The number of carboxylic acid groups (broad SMARTS) is 1. The van der Waals surface area contributed by atoms with Crippen LogP contribution in [0.15, 0.2) is 66.8 Å². The Bertz CT molecular complexity index is 1230. The molecule has 6 heteroatoms. The summed E-state index contributed by atoms with van der Waals surface area (Å²) in [4.78, 5) is 26.6. The molecule has 0 fully saturated rings. The molecule has 208 valence electrons. The SMILES string of the molecule is CC1(C)CCC(C)(C)c2cc(N(CCCCOCC3C=CC=CC3)C(=O)Nc3ccc(C(=O)O)cc3)ccc21. The number of nitrogens with zero attached hydrogens (tertiary/aromatic N) is 1. The Balaban J connectivity index is 1.48. The average Bonchev–Trinajstić information content (AvgIpc) is 2.91. The fourth-order valence-corrected chi connectivity index (χ4v) is 5.44. The number of hydrogen-bond acceptors (Lipinski definition) is 3. The summed E-state index contributed by atoms with van der Waals surface area (Å²) in [6, 6.07) is 12.5. The molecular formula is C33H42N2O4. The molecular weight excluding hydrogens is 488 g/mol. The van der Waals surface area contributed by atoms with Gasteiger partial charge in [-0.3, -0.25) is 4.90 Å². The van der Waals surface area contributed by atoms with Crippen LogP contribution < -0.4 is 10.2 Å². The molecule has 2 aliphatic carbocycles. The van der Waals surface area contributed by atoms with Gasteiger partial charge in [-0.1, -0.05) is 58.1 Å². The van der Waals surface area contributed by atoms with E-state index in [9.17, 15) is 14.7 Å². The third-order valence-electron chi connectivity index (χ3n) is 8.10. The van der Waals surface area contributed by atoms with Gasteiger partial charge in [-0.05, 0) is 90.5 Å². The van der Waals surface area contributed by atoms with Crippen LogP contribution in [0.3, 0.4) is 0 Å². The number of urea groups is 1. The van der Waals surface area contributed by atoms with E-state index in [1.54, 1.807) is 17.0 Å². The lowest BCUT2D eigenvalue weighted by molar-refractivity contribution is 0.0697. The number of allylic oxidation sites excluding steroid dienone is 3. The lowest BCUT2D eigenvalue weighted by atomic mass is 9.63. The topological polar surface area (TPSA) is 78.9 Å². The highest BCUT2D eigenvalue weighted by atomic mass is 16.5. The van der Waals surface area contributed by atoms with E-state index >= 15 is 0 Å². The molecule has 0 bridgehead atoms. The van der Waals surface area contributed by atoms with Gasteiger partial charge in [0.05, 0.1) is 12.2 Å². The Morgan fingerprint density at radius 3 is 2.36 bits per heavy atom. The van der Waals surface area contributed by atoms with E-state index in [1.165, 1.54) is 23.3 Å². The van der Waals surface area contributed by atoms with Crippen LogP contribution in [0.2, 0.25) is 0 Å². The van der Waals surface area contributed by atoms with Gasteiger partial charge in [-0.2, -0.15) is 0 Å². The van der Waals surface area contributed by atoms with Crippen molar-refractivity contribution in [3.05, 3.63) is 83.5 Å². The van der Waals surface area contributed by atoms with Crippen LogP contribution in [0, 0.1) is 5.92 Å². The van der Waals surface area contributed by atoms with Crippen molar-refractivity contribution in [3.63, 3.8) is 0 Å². The van der Waals surface area contributed by atoms with Gasteiger partial charge in [0.15, 0.2) is 0 Å². The number of carbonyl (C=O) groups is 2. The number of anilines is 2. The second-order valence-corrected chi connectivity index (χ2v) is 12.1. The summed E-state index contributed by atoms with van der Waals surface area (Å²) in [5.41, 5.74) is 4.41. The highest BCUT2D eigenvalue weighted by molar-refractivity contribution is 6.02. The van der Waals surface area contributed by atoms with Crippen molar-refractivity contribution in [2.45, 2.75) is 70.6 Å². The van der Waals surface area contributed by atoms with Gasteiger partial charge < -0.3 is 15.2 Å². The quantitative estimate of drug-likeness (QED) is 0.309. The first-order valence-corrected chi connectivity index (χ1v) is 14.0. The van der Waals surface area contributed by atoms with Crippen LogP contribution in [0.1, 0.15) is 81.3 Å². The zero-order valence-corrected chi connectivity index (χ0v) is 23.7. The maximum Gasteiger partial charge on any atom is 0.335 e. The van der Waals surface area contributed by atoms with E-state index in [-0.39, 0.29) is 22.4 Å². The Morgan fingerprint density at radius 2 is 1.69 bits per heavy atom.